The largest absolute Gasteiger partial charge is 0.255 e. The van der Waals surface area contributed by atoms with E-state index in [1.165, 1.54) is 0 Å². The monoisotopic (exact) mass is 437 g/mol. The summed E-state index contributed by atoms with van der Waals surface area (Å²) in [5.41, 5.74) is 7.77. The molecular weight excluding hydrogens is 414 g/mol. The Balaban J connectivity index is 1.39. The van der Waals surface area contributed by atoms with Crippen LogP contribution in [0.5, 0.6) is 0 Å². The molecule has 0 amide bonds. The van der Waals surface area contributed by atoms with E-state index in [2.05, 4.69) is 70.7 Å². The predicted octanol–water partition coefficient (Wildman–Crippen LogP) is 7.55. The van der Waals surface area contributed by atoms with Crippen LogP contribution in [0.1, 0.15) is 22.3 Å². The number of benzene rings is 2. The van der Waals surface area contributed by atoms with Gasteiger partial charge in [0.05, 0.1) is 22.8 Å². The minimum Gasteiger partial charge on any atom is -0.255 e. The molecule has 0 fully saturated rings. The molecule has 3 aromatic heterocycles. The molecule has 5 aromatic rings. The van der Waals surface area contributed by atoms with Gasteiger partial charge in [0, 0.05) is 12.4 Å². The second-order valence-corrected chi connectivity index (χ2v) is 7.84. The van der Waals surface area contributed by atoms with E-state index in [9.17, 15) is 0 Å². The average molecular weight is 438 g/mol. The number of nitrogens with zero attached hydrogens (tertiary/aromatic N) is 3. The van der Waals surface area contributed by atoms with Crippen LogP contribution in [0.15, 0.2) is 116 Å². The molecule has 5 rings (SSSR count). The van der Waals surface area contributed by atoms with Gasteiger partial charge in [0.25, 0.3) is 0 Å². The van der Waals surface area contributed by atoms with Crippen LogP contribution >= 0.6 is 0 Å². The van der Waals surface area contributed by atoms with Crippen LogP contribution in [-0.2, 0) is 0 Å². The SMILES string of the molecule is C(=Cc1ccnc(-c2cccc(-c3cc(C=Cc4ccccc4)ccn3)n2)c1)c1ccccc1. The Morgan fingerprint density at radius 3 is 1.29 bits per heavy atom. The van der Waals surface area contributed by atoms with Gasteiger partial charge in [-0.3, -0.25) is 9.97 Å². The molecule has 0 saturated carbocycles. The molecule has 0 unspecified atom stereocenters. The summed E-state index contributed by atoms with van der Waals surface area (Å²) < 4.78 is 0. The van der Waals surface area contributed by atoms with E-state index in [0.717, 1.165) is 45.0 Å². The third-order valence-electron chi connectivity index (χ3n) is 5.38. The molecule has 34 heavy (non-hydrogen) atoms. The Hall–Kier alpha value is -4.63. The molecule has 0 bridgehead atoms. The van der Waals surface area contributed by atoms with Crippen molar-refractivity contribution in [2.45, 2.75) is 0 Å². The highest BCUT2D eigenvalue weighted by molar-refractivity contribution is 5.73. The Labute approximate surface area is 199 Å². The lowest BCUT2D eigenvalue weighted by Gasteiger charge is -2.06. The number of hydrogen-bond donors (Lipinski definition) is 0. The molecule has 0 atom stereocenters. The second kappa shape index (κ2) is 10.3. The predicted molar refractivity (Wildman–Crippen MR) is 141 cm³/mol. The maximum Gasteiger partial charge on any atom is 0.0894 e. The third-order valence-corrected chi connectivity index (χ3v) is 5.38. The molecule has 0 N–H and O–H groups in total. The minimum absolute atomic E-state index is 0.819. The Kier molecular flexibility index (Phi) is 6.45. The summed E-state index contributed by atoms with van der Waals surface area (Å²) in [6.45, 7) is 0. The van der Waals surface area contributed by atoms with Crippen molar-refractivity contribution in [2.75, 3.05) is 0 Å². The van der Waals surface area contributed by atoms with Crippen molar-refractivity contribution in [3.8, 4) is 22.8 Å². The quantitative estimate of drug-likeness (QED) is 0.275. The highest BCUT2D eigenvalue weighted by atomic mass is 14.8. The maximum absolute atomic E-state index is 4.86. The van der Waals surface area contributed by atoms with Crippen LogP contribution in [-0.4, -0.2) is 15.0 Å². The van der Waals surface area contributed by atoms with Gasteiger partial charge in [-0.15, -0.1) is 0 Å². The first-order chi connectivity index (χ1) is 16.8. The van der Waals surface area contributed by atoms with Gasteiger partial charge in [-0.25, -0.2) is 4.98 Å². The summed E-state index contributed by atoms with van der Waals surface area (Å²) in [6.07, 6.45) is 12.0. The summed E-state index contributed by atoms with van der Waals surface area (Å²) in [4.78, 5) is 14.0. The van der Waals surface area contributed by atoms with Gasteiger partial charge in [0.1, 0.15) is 0 Å². The topological polar surface area (TPSA) is 38.7 Å². The Morgan fingerprint density at radius 2 is 0.824 bits per heavy atom. The standard InChI is InChI=1S/C31H23N3/c1-3-8-24(9-4-1)14-16-26-18-20-32-30(22-26)28-12-7-13-29(34-28)31-23-27(19-21-33-31)17-15-25-10-5-2-6-11-25/h1-23H. The van der Waals surface area contributed by atoms with E-state index in [0.29, 0.717) is 0 Å². The number of hydrogen-bond acceptors (Lipinski definition) is 3. The Morgan fingerprint density at radius 1 is 0.382 bits per heavy atom. The zero-order valence-corrected chi connectivity index (χ0v) is 18.6. The van der Waals surface area contributed by atoms with Crippen molar-refractivity contribution in [3.63, 3.8) is 0 Å². The van der Waals surface area contributed by atoms with Crippen molar-refractivity contribution in [1.82, 2.24) is 15.0 Å². The van der Waals surface area contributed by atoms with E-state index in [-0.39, 0.29) is 0 Å². The number of pyridine rings is 3. The summed E-state index contributed by atoms with van der Waals surface area (Å²) in [5, 5.41) is 0. The van der Waals surface area contributed by atoms with Crippen molar-refractivity contribution in [2.24, 2.45) is 0 Å². The van der Waals surface area contributed by atoms with E-state index in [1.54, 1.807) is 0 Å². The molecule has 0 aliphatic heterocycles. The molecule has 3 nitrogen and oxygen atoms in total. The van der Waals surface area contributed by atoms with Crippen molar-refractivity contribution >= 4 is 24.3 Å². The lowest BCUT2D eigenvalue weighted by atomic mass is 10.1. The van der Waals surface area contributed by atoms with Gasteiger partial charge in [-0.05, 0) is 58.7 Å². The zero-order chi connectivity index (χ0) is 23.0. The molecule has 0 aliphatic rings. The first kappa shape index (κ1) is 21.2. The van der Waals surface area contributed by atoms with Crippen LogP contribution < -0.4 is 0 Å². The van der Waals surface area contributed by atoms with Crippen molar-refractivity contribution in [1.29, 1.82) is 0 Å². The number of aromatic nitrogens is 3. The maximum atomic E-state index is 4.86. The molecule has 0 saturated heterocycles. The fourth-order valence-corrected chi connectivity index (χ4v) is 3.61. The molecule has 162 valence electrons. The minimum atomic E-state index is 0.819. The zero-order valence-electron chi connectivity index (χ0n) is 18.6. The molecular formula is C31H23N3. The molecule has 0 aliphatic carbocycles. The lowest BCUT2D eigenvalue weighted by molar-refractivity contribution is 1.21. The summed E-state index contributed by atoms with van der Waals surface area (Å²) in [6, 6.07) is 34.6. The van der Waals surface area contributed by atoms with Crippen LogP contribution in [0.4, 0.5) is 0 Å². The van der Waals surface area contributed by atoms with Crippen LogP contribution in [0.25, 0.3) is 47.1 Å². The van der Waals surface area contributed by atoms with Gasteiger partial charge in [0.2, 0.25) is 0 Å². The molecule has 0 radical (unpaired) electrons. The van der Waals surface area contributed by atoms with Crippen LogP contribution in [0.2, 0.25) is 0 Å². The first-order valence-corrected chi connectivity index (χ1v) is 11.2. The molecule has 3 heterocycles. The van der Waals surface area contributed by atoms with E-state index >= 15 is 0 Å². The summed E-state index contributed by atoms with van der Waals surface area (Å²) in [7, 11) is 0. The van der Waals surface area contributed by atoms with E-state index in [1.807, 2.05) is 79.1 Å². The van der Waals surface area contributed by atoms with Crippen molar-refractivity contribution in [3.05, 3.63) is 138 Å². The van der Waals surface area contributed by atoms with E-state index < -0.39 is 0 Å². The normalized spacial score (nSPS) is 11.3. The highest BCUT2D eigenvalue weighted by Crippen LogP contribution is 2.22. The fourth-order valence-electron chi connectivity index (χ4n) is 3.61. The summed E-state index contributed by atoms with van der Waals surface area (Å²) in [5.74, 6) is 0. The first-order valence-electron chi connectivity index (χ1n) is 11.2. The van der Waals surface area contributed by atoms with Crippen LogP contribution in [0.3, 0.4) is 0 Å². The molecule has 3 heteroatoms. The van der Waals surface area contributed by atoms with Gasteiger partial charge in [0.15, 0.2) is 0 Å². The fraction of sp³-hybridized carbons (Fsp3) is 0. The summed E-state index contributed by atoms with van der Waals surface area (Å²) >= 11 is 0. The van der Waals surface area contributed by atoms with Gasteiger partial charge < -0.3 is 0 Å². The highest BCUT2D eigenvalue weighted by Gasteiger charge is 2.06. The number of rotatable bonds is 6. The lowest BCUT2D eigenvalue weighted by Crippen LogP contribution is -1.92. The van der Waals surface area contributed by atoms with Crippen molar-refractivity contribution < 1.29 is 0 Å². The molecule has 2 aromatic carbocycles. The second-order valence-electron chi connectivity index (χ2n) is 7.84. The van der Waals surface area contributed by atoms with E-state index in [4.69, 9.17) is 4.98 Å². The Bertz CT molecular complexity index is 1330. The van der Waals surface area contributed by atoms with Gasteiger partial charge in [-0.2, -0.15) is 0 Å². The smallest absolute Gasteiger partial charge is 0.0894 e. The molecule has 0 spiro atoms. The van der Waals surface area contributed by atoms with Gasteiger partial charge >= 0.3 is 0 Å². The average Bonchev–Trinajstić information content (AvgIpc) is 2.92. The van der Waals surface area contributed by atoms with Crippen LogP contribution in [0, 0.1) is 0 Å². The van der Waals surface area contributed by atoms with Gasteiger partial charge in [-0.1, -0.05) is 91.0 Å². The third kappa shape index (κ3) is 5.40.